The summed E-state index contributed by atoms with van der Waals surface area (Å²) in [6.07, 6.45) is 2.27. The van der Waals surface area contributed by atoms with Crippen LogP contribution in [0, 0.1) is 0 Å². The zero-order valence-corrected chi connectivity index (χ0v) is 9.70. The second-order valence-electron chi connectivity index (χ2n) is 4.74. The molecule has 0 amide bonds. The number of phenolic OH excluding ortho intramolecular Hbond substituents is 1. The third kappa shape index (κ3) is 1.86. The van der Waals surface area contributed by atoms with Crippen LogP contribution in [0.15, 0.2) is 18.2 Å². The van der Waals surface area contributed by atoms with E-state index in [4.69, 9.17) is 0 Å². The van der Waals surface area contributed by atoms with Gasteiger partial charge >= 0.3 is 0 Å². The highest BCUT2D eigenvalue weighted by Gasteiger charge is 2.27. The summed E-state index contributed by atoms with van der Waals surface area (Å²) in [5.41, 5.74) is 2.72. The van der Waals surface area contributed by atoms with E-state index in [2.05, 4.69) is 32.0 Å². The van der Waals surface area contributed by atoms with Gasteiger partial charge in [-0.25, -0.2) is 0 Å². The Labute approximate surface area is 91.5 Å². The normalized spacial score (nSPS) is 25.3. The van der Waals surface area contributed by atoms with Crippen LogP contribution in [0.25, 0.3) is 0 Å². The molecule has 0 radical (unpaired) electrons. The van der Waals surface area contributed by atoms with E-state index in [0.29, 0.717) is 17.7 Å². The lowest BCUT2D eigenvalue weighted by atomic mass is 9.80. The first kappa shape index (κ1) is 10.5. The van der Waals surface area contributed by atoms with Crippen LogP contribution in [0.1, 0.15) is 30.4 Å². The Bertz CT molecular complexity index is 360. The molecule has 82 valence electrons. The third-order valence-electron chi connectivity index (χ3n) is 3.57. The summed E-state index contributed by atoms with van der Waals surface area (Å²) in [5.74, 6) is 0.952. The van der Waals surface area contributed by atoms with Crippen molar-refractivity contribution in [1.29, 1.82) is 0 Å². The van der Waals surface area contributed by atoms with E-state index in [9.17, 15) is 5.11 Å². The van der Waals surface area contributed by atoms with Crippen LogP contribution in [0.5, 0.6) is 5.75 Å². The summed E-state index contributed by atoms with van der Waals surface area (Å²) < 4.78 is 0. The maximum absolute atomic E-state index is 9.44. The molecule has 2 heteroatoms. The zero-order valence-electron chi connectivity index (χ0n) is 9.70. The molecule has 0 heterocycles. The van der Waals surface area contributed by atoms with Gasteiger partial charge in [0.2, 0.25) is 0 Å². The minimum absolute atomic E-state index is 0.393. The molecule has 15 heavy (non-hydrogen) atoms. The highest BCUT2D eigenvalue weighted by atomic mass is 16.3. The second kappa shape index (κ2) is 3.86. The fourth-order valence-electron chi connectivity index (χ4n) is 2.72. The van der Waals surface area contributed by atoms with Crippen LogP contribution in [0.3, 0.4) is 0 Å². The predicted molar refractivity (Wildman–Crippen MR) is 62.3 cm³/mol. The van der Waals surface area contributed by atoms with Gasteiger partial charge in [0.1, 0.15) is 5.75 Å². The van der Waals surface area contributed by atoms with Crippen molar-refractivity contribution in [1.82, 2.24) is 4.90 Å². The number of likely N-dealkylation sites (N-methyl/N-ethyl adjacent to an activating group) is 1. The van der Waals surface area contributed by atoms with Crippen LogP contribution in [-0.2, 0) is 6.42 Å². The number of aryl methyl sites for hydroxylation is 1. The number of phenols is 1. The van der Waals surface area contributed by atoms with Crippen molar-refractivity contribution in [3.8, 4) is 5.75 Å². The van der Waals surface area contributed by atoms with Gasteiger partial charge in [0.25, 0.3) is 0 Å². The smallest absolute Gasteiger partial charge is 0.115 e. The molecule has 2 atom stereocenters. The molecule has 1 aliphatic rings. The van der Waals surface area contributed by atoms with E-state index in [-0.39, 0.29) is 0 Å². The van der Waals surface area contributed by atoms with Crippen LogP contribution >= 0.6 is 0 Å². The molecule has 1 N–H and O–H groups in total. The Morgan fingerprint density at radius 2 is 2.07 bits per heavy atom. The predicted octanol–water partition coefficient (Wildman–Crippen LogP) is 2.37. The lowest BCUT2D eigenvalue weighted by molar-refractivity contribution is 0.236. The highest BCUT2D eigenvalue weighted by Crippen LogP contribution is 2.35. The molecule has 1 aromatic rings. The summed E-state index contributed by atoms with van der Waals surface area (Å²) in [5, 5.41) is 9.44. The lowest BCUT2D eigenvalue weighted by Crippen LogP contribution is -2.36. The molecule has 0 fully saturated rings. The average Bonchev–Trinajstić information content (AvgIpc) is 2.17. The number of nitrogens with zero attached hydrogens (tertiary/aromatic N) is 1. The van der Waals surface area contributed by atoms with Crippen molar-refractivity contribution in [2.75, 3.05) is 14.1 Å². The second-order valence-corrected chi connectivity index (χ2v) is 4.74. The van der Waals surface area contributed by atoms with E-state index in [0.717, 1.165) is 6.42 Å². The molecule has 0 aromatic heterocycles. The van der Waals surface area contributed by atoms with Gasteiger partial charge in [-0.1, -0.05) is 13.0 Å². The SMILES string of the molecule is CC1c2ccc(O)cc2CCC1N(C)C. The molecule has 1 aromatic carbocycles. The fraction of sp³-hybridized carbons (Fsp3) is 0.538. The molecule has 1 aliphatic carbocycles. The Morgan fingerprint density at radius 1 is 1.33 bits per heavy atom. The molecular weight excluding hydrogens is 186 g/mol. The third-order valence-corrected chi connectivity index (χ3v) is 3.57. The van der Waals surface area contributed by atoms with Gasteiger partial charge in [0.15, 0.2) is 0 Å². The maximum atomic E-state index is 9.44. The van der Waals surface area contributed by atoms with Gasteiger partial charge < -0.3 is 10.0 Å². The average molecular weight is 205 g/mol. The number of fused-ring (bicyclic) bond motifs is 1. The Balaban J connectivity index is 2.34. The number of rotatable bonds is 1. The first-order valence-corrected chi connectivity index (χ1v) is 5.58. The Kier molecular flexibility index (Phi) is 2.70. The number of hydrogen-bond donors (Lipinski definition) is 1. The maximum Gasteiger partial charge on any atom is 0.115 e. The van der Waals surface area contributed by atoms with E-state index in [1.54, 1.807) is 6.07 Å². The van der Waals surface area contributed by atoms with Gasteiger partial charge in [-0.2, -0.15) is 0 Å². The van der Waals surface area contributed by atoms with Gasteiger partial charge in [-0.3, -0.25) is 0 Å². The molecule has 2 unspecified atom stereocenters. The standard InChI is InChI=1S/C13H19NO/c1-9-12-6-5-11(15)8-10(12)4-7-13(9)14(2)3/h5-6,8-9,13,15H,4,7H2,1-3H3. The van der Waals surface area contributed by atoms with Gasteiger partial charge in [0.05, 0.1) is 0 Å². The minimum Gasteiger partial charge on any atom is -0.508 e. The first-order valence-electron chi connectivity index (χ1n) is 5.58. The van der Waals surface area contributed by atoms with Gasteiger partial charge in [0, 0.05) is 6.04 Å². The highest BCUT2D eigenvalue weighted by molar-refractivity contribution is 5.39. The Morgan fingerprint density at radius 3 is 2.73 bits per heavy atom. The van der Waals surface area contributed by atoms with Crippen LogP contribution in [0.2, 0.25) is 0 Å². The van der Waals surface area contributed by atoms with E-state index in [1.807, 2.05) is 6.07 Å². The molecule has 2 rings (SSSR count). The summed E-state index contributed by atoms with van der Waals surface area (Å²) in [6.45, 7) is 2.28. The van der Waals surface area contributed by atoms with E-state index in [1.165, 1.54) is 17.5 Å². The summed E-state index contributed by atoms with van der Waals surface area (Å²) in [4.78, 5) is 2.31. The lowest BCUT2D eigenvalue weighted by Gasteiger charge is -2.35. The topological polar surface area (TPSA) is 23.5 Å². The monoisotopic (exact) mass is 205 g/mol. The van der Waals surface area contributed by atoms with Crippen molar-refractivity contribution < 1.29 is 5.11 Å². The van der Waals surface area contributed by atoms with Crippen LogP contribution in [0.4, 0.5) is 0 Å². The van der Waals surface area contributed by atoms with Gasteiger partial charge in [-0.05, 0) is 56.1 Å². The van der Waals surface area contributed by atoms with Crippen LogP contribution in [-0.4, -0.2) is 30.1 Å². The molecule has 0 saturated carbocycles. The zero-order chi connectivity index (χ0) is 11.0. The molecule has 2 nitrogen and oxygen atoms in total. The van der Waals surface area contributed by atoms with Crippen LogP contribution < -0.4 is 0 Å². The molecule has 0 bridgehead atoms. The van der Waals surface area contributed by atoms with Crippen molar-refractivity contribution >= 4 is 0 Å². The number of hydrogen-bond acceptors (Lipinski definition) is 2. The first-order chi connectivity index (χ1) is 7.09. The Hall–Kier alpha value is -1.02. The quantitative estimate of drug-likeness (QED) is 0.761. The molecule has 0 aliphatic heterocycles. The van der Waals surface area contributed by atoms with E-state index < -0.39 is 0 Å². The largest absolute Gasteiger partial charge is 0.508 e. The summed E-state index contributed by atoms with van der Waals surface area (Å²) in [6, 6.07) is 6.41. The summed E-state index contributed by atoms with van der Waals surface area (Å²) in [7, 11) is 4.29. The van der Waals surface area contributed by atoms with Crippen molar-refractivity contribution in [3.05, 3.63) is 29.3 Å². The van der Waals surface area contributed by atoms with E-state index >= 15 is 0 Å². The number of benzene rings is 1. The molecular formula is C13H19NO. The van der Waals surface area contributed by atoms with Crippen molar-refractivity contribution in [3.63, 3.8) is 0 Å². The summed E-state index contributed by atoms with van der Waals surface area (Å²) >= 11 is 0. The van der Waals surface area contributed by atoms with Crippen molar-refractivity contribution in [2.24, 2.45) is 0 Å². The molecule has 0 spiro atoms. The number of aromatic hydroxyl groups is 1. The minimum atomic E-state index is 0.393. The fourth-order valence-corrected chi connectivity index (χ4v) is 2.72. The molecule has 0 saturated heterocycles. The van der Waals surface area contributed by atoms with Gasteiger partial charge in [-0.15, -0.1) is 0 Å². The van der Waals surface area contributed by atoms with Crippen molar-refractivity contribution in [2.45, 2.75) is 31.7 Å².